The molecule has 0 aliphatic carbocycles. The summed E-state index contributed by atoms with van der Waals surface area (Å²) in [7, 11) is 0. The molecule has 110 valence electrons. The Morgan fingerprint density at radius 1 is 0.955 bits per heavy atom. The van der Waals surface area contributed by atoms with Crippen LogP contribution in [0.15, 0.2) is 48.5 Å². The van der Waals surface area contributed by atoms with Gasteiger partial charge in [-0.1, -0.05) is 36.4 Å². The van der Waals surface area contributed by atoms with E-state index in [4.69, 9.17) is 0 Å². The number of nitro groups is 2. The lowest BCUT2D eigenvalue weighted by molar-refractivity contribution is -0.386. The fraction of sp³-hybridized carbons (Fsp3) is 0.133. The van der Waals surface area contributed by atoms with Crippen molar-refractivity contribution in [2.45, 2.75) is 12.3 Å². The summed E-state index contributed by atoms with van der Waals surface area (Å²) in [6, 6.07) is 14.0. The quantitative estimate of drug-likeness (QED) is 0.620. The molecule has 0 amide bonds. The molecule has 1 atom stereocenters. The molecule has 0 fully saturated rings. The topological polar surface area (TPSA) is 110 Å². The van der Waals surface area contributed by atoms with Crippen LogP contribution in [0.2, 0.25) is 0 Å². The lowest BCUT2D eigenvalue weighted by atomic mass is 9.79. The highest BCUT2D eigenvalue weighted by Crippen LogP contribution is 2.31. The second kappa shape index (κ2) is 6.45. The Balaban J connectivity index is 2.42. The first-order chi connectivity index (χ1) is 10.5. The van der Waals surface area contributed by atoms with Crippen LogP contribution in [0.1, 0.15) is 17.0 Å². The van der Waals surface area contributed by atoms with E-state index in [1.807, 2.05) is 6.07 Å². The number of benzene rings is 2. The first kappa shape index (κ1) is 15.1. The van der Waals surface area contributed by atoms with Crippen LogP contribution in [-0.4, -0.2) is 9.85 Å². The molecule has 2 aromatic rings. The maximum Gasteiger partial charge on any atom is 0.273 e. The molecule has 0 aliphatic rings. The molecule has 0 aliphatic heterocycles. The number of rotatable bonds is 5. The second-order valence-electron chi connectivity index (χ2n) is 4.59. The minimum atomic E-state index is -0.831. The van der Waals surface area contributed by atoms with Crippen LogP contribution in [0.25, 0.3) is 0 Å². The standard InChI is InChI=1S/C15H11N3O4/c16-10-12(13-6-2-4-8-15(13)18(21)22)9-11-5-1-3-7-14(11)17(19)20/h1-8,12H,9H2/i10-1. The Hall–Kier alpha value is -3.27. The van der Waals surface area contributed by atoms with Gasteiger partial charge in [-0.25, -0.2) is 0 Å². The summed E-state index contributed by atoms with van der Waals surface area (Å²) in [5.74, 6) is -0.831. The van der Waals surface area contributed by atoms with Gasteiger partial charge in [0.05, 0.1) is 21.8 Å². The van der Waals surface area contributed by atoms with Crippen molar-refractivity contribution in [1.29, 1.82) is 5.26 Å². The third-order valence-electron chi connectivity index (χ3n) is 3.28. The van der Waals surface area contributed by atoms with Gasteiger partial charge in [0.1, 0.15) is 0 Å². The van der Waals surface area contributed by atoms with E-state index in [1.165, 1.54) is 30.3 Å². The first-order valence-corrected chi connectivity index (χ1v) is 6.39. The summed E-state index contributed by atoms with van der Waals surface area (Å²) in [6.07, 6.45) is 0.0402. The summed E-state index contributed by atoms with van der Waals surface area (Å²) in [6.45, 7) is 0. The van der Waals surface area contributed by atoms with Crippen molar-refractivity contribution in [1.82, 2.24) is 0 Å². The summed E-state index contributed by atoms with van der Waals surface area (Å²) in [4.78, 5) is 21.0. The molecular weight excluding hydrogens is 285 g/mol. The summed E-state index contributed by atoms with van der Waals surface area (Å²) < 4.78 is 0. The van der Waals surface area contributed by atoms with Crippen LogP contribution in [-0.2, 0) is 6.42 Å². The Morgan fingerprint density at radius 3 is 2.09 bits per heavy atom. The Kier molecular flexibility index (Phi) is 4.44. The Labute approximate surface area is 125 Å². The number of hydrogen-bond acceptors (Lipinski definition) is 5. The highest BCUT2D eigenvalue weighted by molar-refractivity contribution is 5.48. The Morgan fingerprint density at radius 2 is 1.50 bits per heavy atom. The predicted molar refractivity (Wildman–Crippen MR) is 78.3 cm³/mol. The molecular formula is C15H11N3O4. The van der Waals surface area contributed by atoms with Crippen LogP contribution in [0.4, 0.5) is 11.4 Å². The Bertz CT molecular complexity index is 767. The average molecular weight is 296 g/mol. The van der Waals surface area contributed by atoms with Crippen LogP contribution in [0.5, 0.6) is 0 Å². The van der Waals surface area contributed by atoms with Crippen molar-refractivity contribution in [3.63, 3.8) is 0 Å². The van der Waals surface area contributed by atoms with Crippen molar-refractivity contribution < 1.29 is 9.85 Å². The maximum atomic E-state index is 11.1. The third-order valence-corrected chi connectivity index (χ3v) is 3.28. The molecule has 0 heterocycles. The van der Waals surface area contributed by atoms with Gasteiger partial charge >= 0.3 is 0 Å². The molecule has 2 aromatic carbocycles. The van der Waals surface area contributed by atoms with Gasteiger partial charge in [-0.15, -0.1) is 0 Å². The van der Waals surface area contributed by atoms with E-state index in [-0.39, 0.29) is 23.4 Å². The lowest BCUT2D eigenvalue weighted by Crippen LogP contribution is -2.06. The maximum absolute atomic E-state index is 11.1. The van der Waals surface area contributed by atoms with Crippen molar-refractivity contribution in [3.8, 4) is 6.07 Å². The number of hydrogen-bond donors (Lipinski definition) is 0. The molecule has 2 rings (SSSR count). The van der Waals surface area contributed by atoms with Gasteiger partial charge in [0, 0.05) is 23.3 Å². The van der Waals surface area contributed by atoms with E-state index in [0.29, 0.717) is 5.56 Å². The summed E-state index contributed by atoms with van der Waals surface area (Å²) in [5.41, 5.74) is 0.374. The number of nitro benzene ring substituents is 2. The molecule has 0 saturated carbocycles. The van der Waals surface area contributed by atoms with Crippen molar-refractivity contribution >= 4 is 11.4 Å². The van der Waals surface area contributed by atoms with Crippen LogP contribution in [0.3, 0.4) is 0 Å². The fourth-order valence-corrected chi connectivity index (χ4v) is 2.26. The van der Waals surface area contributed by atoms with Crippen LogP contribution >= 0.6 is 0 Å². The van der Waals surface area contributed by atoms with E-state index in [0.717, 1.165) is 0 Å². The lowest BCUT2D eigenvalue weighted by Gasteiger charge is -2.10. The molecule has 7 nitrogen and oxygen atoms in total. The van der Waals surface area contributed by atoms with E-state index < -0.39 is 15.8 Å². The number of para-hydroxylation sites is 2. The summed E-state index contributed by atoms with van der Waals surface area (Å²) >= 11 is 0. The van der Waals surface area contributed by atoms with Gasteiger partial charge in [0.2, 0.25) is 0 Å². The molecule has 0 spiro atoms. The van der Waals surface area contributed by atoms with Crippen molar-refractivity contribution in [2.75, 3.05) is 0 Å². The van der Waals surface area contributed by atoms with Gasteiger partial charge in [0.15, 0.2) is 0 Å². The van der Waals surface area contributed by atoms with Crippen molar-refractivity contribution in [2.24, 2.45) is 0 Å². The van der Waals surface area contributed by atoms with Crippen molar-refractivity contribution in [3.05, 3.63) is 79.9 Å². The fourth-order valence-electron chi connectivity index (χ4n) is 2.26. The summed E-state index contributed by atoms with van der Waals surface area (Å²) in [5, 5.41) is 31.4. The first-order valence-electron chi connectivity index (χ1n) is 6.39. The van der Waals surface area contributed by atoms with Crippen LogP contribution < -0.4 is 0 Å². The zero-order valence-corrected chi connectivity index (χ0v) is 11.4. The normalized spacial score (nSPS) is 11.4. The second-order valence-corrected chi connectivity index (χ2v) is 4.59. The number of nitrogens with zero attached hydrogens (tertiary/aromatic N) is 3. The molecule has 0 bridgehead atoms. The minimum absolute atomic E-state index is 0.0402. The van der Waals surface area contributed by atoms with E-state index >= 15 is 0 Å². The predicted octanol–water partition coefficient (Wildman–Crippen LogP) is 3.35. The zero-order valence-electron chi connectivity index (χ0n) is 11.4. The average Bonchev–Trinajstić information content (AvgIpc) is 2.52. The van der Waals surface area contributed by atoms with E-state index in [9.17, 15) is 25.5 Å². The van der Waals surface area contributed by atoms with Gasteiger partial charge in [0.25, 0.3) is 11.4 Å². The smallest absolute Gasteiger partial charge is 0.258 e. The van der Waals surface area contributed by atoms with E-state index in [1.54, 1.807) is 18.2 Å². The molecule has 0 N–H and O–H groups in total. The highest BCUT2D eigenvalue weighted by atomic mass is 16.6. The SMILES string of the molecule is N#[11C]C(Cc1ccccc1[N+](=O)[O-])c1ccccc1[N+](=O)[O-]. The monoisotopic (exact) mass is 296 g/mol. The van der Waals surface area contributed by atoms with Gasteiger partial charge in [-0.3, -0.25) is 20.2 Å². The largest absolute Gasteiger partial charge is 0.273 e. The molecule has 0 radical (unpaired) electrons. The zero-order chi connectivity index (χ0) is 16.1. The van der Waals surface area contributed by atoms with Gasteiger partial charge < -0.3 is 0 Å². The molecule has 7 heteroatoms. The minimum Gasteiger partial charge on any atom is -0.258 e. The van der Waals surface area contributed by atoms with Crippen LogP contribution in [0, 0.1) is 31.6 Å². The van der Waals surface area contributed by atoms with Gasteiger partial charge in [-0.2, -0.15) is 5.26 Å². The molecule has 1 unspecified atom stereocenters. The molecule has 0 saturated heterocycles. The van der Waals surface area contributed by atoms with Gasteiger partial charge in [-0.05, 0) is 6.42 Å². The molecule has 0 aromatic heterocycles. The molecule has 22 heavy (non-hydrogen) atoms. The highest BCUT2D eigenvalue weighted by Gasteiger charge is 2.24. The third kappa shape index (κ3) is 3.07. The number of nitriles is 1. The van der Waals surface area contributed by atoms with E-state index in [2.05, 4.69) is 0 Å².